The number of hydrogen-bond donors (Lipinski definition) is 0. The highest BCUT2D eigenvalue weighted by Gasteiger charge is 2.10. The van der Waals surface area contributed by atoms with Gasteiger partial charge in [0.1, 0.15) is 0 Å². The van der Waals surface area contributed by atoms with Gasteiger partial charge >= 0.3 is 11.9 Å². The van der Waals surface area contributed by atoms with Crippen molar-refractivity contribution in [1.82, 2.24) is 0 Å². The number of methoxy groups -OCH3 is 2. The van der Waals surface area contributed by atoms with E-state index in [-0.39, 0.29) is 18.4 Å². The third kappa shape index (κ3) is 3.86. The fourth-order valence-corrected chi connectivity index (χ4v) is 2.30. The van der Waals surface area contributed by atoms with Gasteiger partial charge in [0.15, 0.2) is 0 Å². The molecule has 0 saturated carbocycles. The van der Waals surface area contributed by atoms with E-state index in [0.29, 0.717) is 5.56 Å². The van der Waals surface area contributed by atoms with Crippen LogP contribution in [0, 0.1) is 0 Å². The highest BCUT2D eigenvalue weighted by Crippen LogP contribution is 2.25. The van der Waals surface area contributed by atoms with Gasteiger partial charge in [-0.3, -0.25) is 4.79 Å². The normalized spacial score (nSPS) is 10.0. The number of ether oxygens (including phenoxy) is 2. The summed E-state index contributed by atoms with van der Waals surface area (Å²) in [4.78, 5) is 23.1. The van der Waals surface area contributed by atoms with E-state index < -0.39 is 0 Å². The summed E-state index contributed by atoms with van der Waals surface area (Å²) >= 11 is 0. The van der Waals surface area contributed by atoms with E-state index in [1.54, 1.807) is 24.3 Å². The van der Waals surface area contributed by atoms with Crippen LogP contribution in [0.4, 0.5) is 0 Å². The van der Waals surface area contributed by atoms with Gasteiger partial charge in [0.05, 0.1) is 26.2 Å². The van der Waals surface area contributed by atoms with E-state index in [1.807, 2.05) is 24.3 Å². The molecule has 2 aromatic carbocycles. The summed E-state index contributed by atoms with van der Waals surface area (Å²) in [5.41, 5.74) is 4.01. The van der Waals surface area contributed by atoms with E-state index >= 15 is 0 Å². The Labute approximate surface area is 135 Å². The molecular formula is C19H18O4. The molecule has 2 rings (SSSR count). The van der Waals surface area contributed by atoms with Crippen LogP contribution in [0.3, 0.4) is 0 Å². The zero-order valence-corrected chi connectivity index (χ0v) is 13.2. The molecule has 0 saturated heterocycles. The number of hydrogen-bond acceptors (Lipinski definition) is 4. The minimum Gasteiger partial charge on any atom is -0.469 e. The van der Waals surface area contributed by atoms with E-state index in [1.165, 1.54) is 14.2 Å². The molecule has 0 fully saturated rings. The van der Waals surface area contributed by atoms with Crippen LogP contribution in [0.5, 0.6) is 0 Å². The Morgan fingerprint density at radius 1 is 1.04 bits per heavy atom. The molecule has 2 aromatic rings. The molecule has 4 heteroatoms. The van der Waals surface area contributed by atoms with Crippen molar-refractivity contribution in [3.8, 4) is 11.1 Å². The number of rotatable bonds is 5. The summed E-state index contributed by atoms with van der Waals surface area (Å²) in [5.74, 6) is -0.674. The van der Waals surface area contributed by atoms with Gasteiger partial charge in [0.25, 0.3) is 0 Å². The van der Waals surface area contributed by atoms with Gasteiger partial charge in [-0.25, -0.2) is 4.79 Å². The zero-order chi connectivity index (χ0) is 16.8. The molecular weight excluding hydrogens is 292 g/mol. The van der Waals surface area contributed by atoms with Crippen LogP contribution in [0.15, 0.2) is 49.0 Å². The maximum Gasteiger partial charge on any atom is 0.337 e. The second kappa shape index (κ2) is 7.40. The Bertz CT molecular complexity index is 747. The maximum absolute atomic E-state index is 11.6. The van der Waals surface area contributed by atoms with Crippen LogP contribution in [0.2, 0.25) is 0 Å². The van der Waals surface area contributed by atoms with Gasteiger partial charge in [0.2, 0.25) is 0 Å². The molecule has 0 unspecified atom stereocenters. The van der Waals surface area contributed by atoms with Crippen LogP contribution >= 0.6 is 0 Å². The van der Waals surface area contributed by atoms with Crippen LogP contribution < -0.4 is 0 Å². The molecule has 0 atom stereocenters. The molecule has 0 N–H and O–H groups in total. The summed E-state index contributed by atoms with van der Waals surface area (Å²) < 4.78 is 9.44. The molecule has 23 heavy (non-hydrogen) atoms. The highest BCUT2D eigenvalue weighted by atomic mass is 16.5. The Kier molecular flexibility index (Phi) is 5.31. The molecule has 0 amide bonds. The lowest BCUT2D eigenvalue weighted by molar-refractivity contribution is -0.139. The average molecular weight is 310 g/mol. The Morgan fingerprint density at radius 2 is 1.78 bits per heavy atom. The van der Waals surface area contributed by atoms with Crippen molar-refractivity contribution in [2.75, 3.05) is 14.2 Å². The van der Waals surface area contributed by atoms with Crippen LogP contribution in [-0.4, -0.2) is 26.2 Å². The maximum atomic E-state index is 11.6. The second-order valence-electron chi connectivity index (χ2n) is 4.94. The van der Waals surface area contributed by atoms with Crippen molar-refractivity contribution in [2.24, 2.45) is 0 Å². The molecule has 0 aliphatic rings. The fraction of sp³-hybridized carbons (Fsp3) is 0.158. The molecule has 0 bridgehead atoms. The van der Waals surface area contributed by atoms with Gasteiger partial charge in [-0.05, 0) is 40.5 Å². The largest absolute Gasteiger partial charge is 0.469 e. The Balaban J connectivity index is 2.39. The minimum atomic E-state index is -0.377. The lowest BCUT2D eigenvalue weighted by atomic mass is 9.96. The first-order chi connectivity index (χ1) is 11.1. The highest BCUT2D eigenvalue weighted by molar-refractivity contribution is 5.91. The molecule has 0 aliphatic heterocycles. The Hall–Kier alpha value is -2.88. The fourth-order valence-electron chi connectivity index (χ4n) is 2.30. The predicted octanol–water partition coefficient (Wildman–Crippen LogP) is 3.50. The third-order valence-corrected chi connectivity index (χ3v) is 3.55. The lowest BCUT2D eigenvalue weighted by Gasteiger charge is -2.09. The first kappa shape index (κ1) is 16.5. The van der Waals surface area contributed by atoms with Crippen molar-refractivity contribution in [3.63, 3.8) is 0 Å². The van der Waals surface area contributed by atoms with Gasteiger partial charge in [0, 0.05) is 0 Å². The van der Waals surface area contributed by atoms with Crippen LogP contribution in [-0.2, 0) is 20.7 Å². The molecule has 0 heterocycles. The summed E-state index contributed by atoms with van der Waals surface area (Å²) in [7, 11) is 2.72. The minimum absolute atomic E-state index is 0.195. The summed E-state index contributed by atoms with van der Waals surface area (Å²) in [6.07, 6.45) is 1.90. The SMILES string of the molecule is C=Cc1cc(-c2cccc(C(=O)OC)c2)ccc1CC(=O)OC. The van der Waals surface area contributed by atoms with E-state index in [0.717, 1.165) is 22.3 Å². The molecule has 0 aliphatic carbocycles. The number of esters is 2. The van der Waals surface area contributed by atoms with Gasteiger partial charge in [-0.1, -0.05) is 36.9 Å². The first-order valence-electron chi connectivity index (χ1n) is 7.10. The van der Waals surface area contributed by atoms with Crippen molar-refractivity contribution in [2.45, 2.75) is 6.42 Å². The smallest absolute Gasteiger partial charge is 0.337 e. The summed E-state index contributed by atoms with van der Waals surface area (Å²) in [6, 6.07) is 12.9. The lowest BCUT2D eigenvalue weighted by Crippen LogP contribution is -2.05. The van der Waals surface area contributed by atoms with Crippen molar-refractivity contribution in [3.05, 3.63) is 65.7 Å². The topological polar surface area (TPSA) is 52.6 Å². The standard InChI is InChI=1S/C19H18O4/c1-4-13-10-15(8-9-16(13)12-18(20)22-2)14-6-5-7-17(11-14)19(21)23-3/h4-11H,1,12H2,2-3H3. The van der Waals surface area contributed by atoms with Crippen molar-refractivity contribution < 1.29 is 19.1 Å². The summed E-state index contributed by atoms with van der Waals surface area (Å²) in [6.45, 7) is 3.79. The van der Waals surface area contributed by atoms with E-state index in [2.05, 4.69) is 6.58 Å². The number of benzene rings is 2. The average Bonchev–Trinajstić information content (AvgIpc) is 2.61. The summed E-state index contributed by atoms with van der Waals surface area (Å²) in [5, 5.41) is 0. The zero-order valence-electron chi connectivity index (χ0n) is 13.2. The van der Waals surface area contributed by atoms with E-state index in [9.17, 15) is 9.59 Å². The van der Waals surface area contributed by atoms with Gasteiger partial charge < -0.3 is 9.47 Å². The molecule has 118 valence electrons. The first-order valence-corrected chi connectivity index (χ1v) is 7.10. The van der Waals surface area contributed by atoms with Gasteiger partial charge in [-0.15, -0.1) is 0 Å². The van der Waals surface area contributed by atoms with Gasteiger partial charge in [-0.2, -0.15) is 0 Å². The number of carbonyl (C=O) groups excluding carboxylic acids is 2. The third-order valence-electron chi connectivity index (χ3n) is 3.55. The van der Waals surface area contributed by atoms with Crippen molar-refractivity contribution in [1.29, 1.82) is 0 Å². The molecule has 0 aromatic heterocycles. The second-order valence-corrected chi connectivity index (χ2v) is 4.94. The number of carbonyl (C=O) groups is 2. The predicted molar refractivity (Wildman–Crippen MR) is 89.0 cm³/mol. The monoisotopic (exact) mass is 310 g/mol. The quantitative estimate of drug-likeness (QED) is 0.793. The van der Waals surface area contributed by atoms with Crippen LogP contribution in [0.25, 0.3) is 17.2 Å². The van der Waals surface area contributed by atoms with Crippen molar-refractivity contribution >= 4 is 18.0 Å². The van der Waals surface area contributed by atoms with E-state index in [4.69, 9.17) is 9.47 Å². The Morgan fingerprint density at radius 3 is 2.43 bits per heavy atom. The molecule has 0 radical (unpaired) electrons. The molecule has 4 nitrogen and oxygen atoms in total. The van der Waals surface area contributed by atoms with Crippen LogP contribution in [0.1, 0.15) is 21.5 Å². The molecule has 0 spiro atoms.